The number of unbranched alkanes of at least 4 members (excludes halogenated alkanes) is 2. The molecule has 0 bridgehead atoms. The lowest BCUT2D eigenvalue weighted by Crippen LogP contribution is -2.11. The summed E-state index contributed by atoms with van der Waals surface area (Å²) in [6.45, 7) is 7.01. The van der Waals surface area contributed by atoms with Gasteiger partial charge in [-0.05, 0) is 18.8 Å². The van der Waals surface area contributed by atoms with Gasteiger partial charge in [0.25, 0.3) is 0 Å². The summed E-state index contributed by atoms with van der Waals surface area (Å²) in [6.07, 6.45) is 6.14. The molecule has 14 heavy (non-hydrogen) atoms. The molecule has 1 unspecified atom stereocenters. The van der Waals surface area contributed by atoms with Gasteiger partial charge in [0, 0.05) is 6.42 Å². The highest BCUT2D eigenvalue weighted by Gasteiger charge is 2.05. The molecule has 2 heteroatoms. The Kier molecular flexibility index (Phi) is 8.70. The van der Waals surface area contributed by atoms with Gasteiger partial charge < -0.3 is 4.74 Å². The highest BCUT2D eigenvalue weighted by Crippen LogP contribution is 2.07. The van der Waals surface area contributed by atoms with Gasteiger partial charge in [0.15, 0.2) is 0 Å². The molecule has 0 aliphatic rings. The van der Waals surface area contributed by atoms with Gasteiger partial charge in [-0.2, -0.15) is 0 Å². The summed E-state index contributed by atoms with van der Waals surface area (Å²) in [5, 5.41) is 0. The number of rotatable bonds is 8. The topological polar surface area (TPSA) is 26.3 Å². The molecule has 2 nitrogen and oxygen atoms in total. The van der Waals surface area contributed by atoms with Crippen molar-refractivity contribution in [3.63, 3.8) is 0 Å². The first-order valence-electron chi connectivity index (χ1n) is 5.86. The first-order chi connectivity index (χ1) is 6.70. The van der Waals surface area contributed by atoms with Crippen molar-refractivity contribution in [2.24, 2.45) is 5.92 Å². The van der Waals surface area contributed by atoms with Crippen LogP contribution in [0.4, 0.5) is 0 Å². The maximum absolute atomic E-state index is 11.2. The van der Waals surface area contributed by atoms with Crippen LogP contribution in [0.2, 0.25) is 0 Å². The molecule has 0 heterocycles. The van der Waals surface area contributed by atoms with Gasteiger partial charge in [-0.3, -0.25) is 4.79 Å². The summed E-state index contributed by atoms with van der Waals surface area (Å²) in [5.74, 6) is 0.483. The average molecular weight is 200 g/mol. The Morgan fingerprint density at radius 2 is 1.93 bits per heavy atom. The van der Waals surface area contributed by atoms with Crippen molar-refractivity contribution in [2.45, 2.75) is 59.3 Å². The fourth-order valence-corrected chi connectivity index (χ4v) is 1.40. The van der Waals surface area contributed by atoms with E-state index in [0.29, 0.717) is 18.9 Å². The summed E-state index contributed by atoms with van der Waals surface area (Å²) < 4.78 is 5.16. The highest BCUT2D eigenvalue weighted by molar-refractivity contribution is 5.69. The SMILES string of the molecule is CCCCCC(=O)OCC(C)CCC. The first-order valence-corrected chi connectivity index (χ1v) is 5.86. The Hall–Kier alpha value is -0.530. The van der Waals surface area contributed by atoms with E-state index in [1.165, 1.54) is 0 Å². The van der Waals surface area contributed by atoms with E-state index in [2.05, 4.69) is 20.8 Å². The Morgan fingerprint density at radius 3 is 2.50 bits per heavy atom. The van der Waals surface area contributed by atoms with Crippen LogP contribution >= 0.6 is 0 Å². The molecule has 84 valence electrons. The quantitative estimate of drug-likeness (QED) is 0.442. The zero-order valence-electron chi connectivity index (χ0n) is 9.84. The summed E-state index contributed by atoms with van der Waals surface area (Å²) in [4.78, 5) is 11.2. The summed E-state index contributed by atoms with van der Waals surface area (Å²) in [6, 6.07) is 0. The van der Waals surface area contributed by atoms with Crippen molar-refractivity contribution in [3.8, 4) is 0 Å². The minimum atomic E-state index is -0.0265. The minimum Gasteiger partial charge on any atom is -0.465 e. The van der Waals surface area contributed by atoms with Gasteiger partial charge in [0.1, 0.15) is 0 Å². The Labute approximate surface area is 88.0 Å². The number of esters is 1. The van der Waals surface area contributed by atoms with Gasteiger partial charge in [-0.15, -0.1) is 0 Å². The highest BCUT2D eigenvalue weighted by atomic mass is 16.5. The Morgan fingerprint density at radius 1 is 1.21 bits per heavy atom. The van der Waals surface area contributed by atoms with Crippen LogP contribution in [0.25, 0.3) is 0 Å². The molecule has 0 aromatic rings. The molecule has 0 aromatic heterocycles. The maximum Gasteiger partial charge on any atom is 0.305 e. The number of hydrogen-bond donors (Lipinski definition) is 0. The van der Waals surface area contributed by atoms with E-state index in [-0.39, 0.29) is 5.97 Å². The zero-order valence-corrected chi connectivity index (χ0v) is 9.84. The molecule has 0 spiro atoms. The molecule has 0 aliphatic carbocycles. The Balaban J connectivity index is 3.34. The van der Waals surface area contributed by atoms with Crippen LogP contribution in [-0.4, -0.2) is 12.6 Å². The third-order valence-corrected chi connectivity index (χ3v) is 2.29. The van der Waals surface area contributed by atoms with E-state index >= 15 is 0 Å². The molecule has 0 aliphatic heterocycles. The number of hydrogen-bond acceptors (Lipinski definition) is 2. The summed E-state index contributed by atoms with van der Waals surface area (Å²) in [7, 11) is 0. The predicted molar refractivity (Wildman–Crippen MR) is 59.2 cm³/mol. The number of carbonyl (C=O) groups excluding carboxylic acids is 1. The van der Waals surface area contributed by atoms with E-state index in [4.69, 9.17) is 4.74 Å². The van der Waals surface area contributed by atoms with Crippen LogP contribution in [0.1, 0.15) is 59.3 Å². The summed E-state index contributed by atoms with van der Waals surface area (Å²) in [5.41, 5.74) is 0. The van der Waals surface area contributed by atoms with Crippen LogP contribution in [0.15, 0.2) is 0 Å². The monoisotopic (exact) mass is 200 g/mol. The van der Waals surface area contributed by atoms with E-state index in [1.807, 2.05) is 0 Å². The van der Waals surface area contributed by atoms with Crippen LogP contribution in [0, 0.1) is 5.92 Å². The van der Waals surface area contributed by atoms with E-state index < -0.39 is 0 Å². The molecular weight excluding hydrogens is 176 g/mol. The van der Waals surface area contributed by atoms with Gasteiger partial charge in [-0.1, -0.05) is 40.0 Å². The average Bonchev–Trinajstić information content (AvgIpc) is 2.16. The van der Waals surface area contributed by atoms with Crippen LogP contribution in [0.3, 0.4) is 0 Å². The standard InChI is InChI=1S/C12H24O2/c1-4-6-7-9-12(13)14-10-11(3)8-5-2/h11H,4-10H2,1-3H3. The second-order valence-corrected chi connectivity index (χ2v) is 4.03. The molecular formula is C12H24O2. The molecule has 0 amide bonds. The second-order valence-electron chi connectivity index (χ2n) is 4.03. The minimum absolute atomic E-state index is 0.0265. The van der Waals surface area contributed by atoms with E-state index in [1.54, 1.807) is 0 Å². The molecule has 0 aromatic carbocycles. The van der Waals surface area contributed by atoms with Crippen molar-refractivity contribution < 1.29 is 9.53 Å². The fourth-order valence-electron chi connectivity index (χ4n) is 1.40. The normalized spacial score (nSPS) is 12.5. The lowest BCUT2D eigenvalue weighted by atomic mass is 10.1. The maximum atomic E-state index is 11.2. The van der Waals surface area contributed by atoms with Gasteiger partial charge >= 0.3 is 5.97 Å². The molecule has 0 radical (unpaired) electrons. The fraction of sp³-hybridized carbons (Fsp3) is 0.917. The molecule has 0 rings (SSSR count). The van der Waals surface area contributed by atoms with Crippen molar-refractivity contribution >= 4 is 5.97 Å². The van der Waals surface area contributed by atoms with Gasteiger partial charge in [0.2, 0.25) is 0 Å². The van der Waals surface area contributed by atoms with Crippen LogP contribution in [-0.2, 0) is 9.53 Å². The molecule has 1 atom stereocenters. The van der Waals surface area contributed by atoms with Gasteiger partial charge in [-0.25, -0.2) is 0 Å². The van der Waals surface area contributed by atoms with Crippen LogP contribution in [0.5, 0.6) is 0 Å². The molecule has 0 saturated heterocycles. The number of carbonyl (C=O) groups is 1. The lowest BCUT2D eigenvalue weighted by Gasteiger charge is -2.10. The third kappa shape index (κ3) is 8.09. The van der Waals surface area contributed by atoms with Crippen molar-refractivity contribution in [2.75, 3.05) is 6.61 Å². The second kappa shape index (κ2) is 9.04. The predicted octanol–water partition coefficient (Wildman–Crippen LogP) is 3.55. The largest absolute Gasteiger partial charge is 0.465 e. The van der Waals surface area contributed by atoms with Crippen LogP contribution < -0.4 is 0 Å². The lowest BCUT2D eigenvalue weighted by molar-refractivity contribution is -0.145. The summed E-state index contributed by atoms with van der Waals surface area (Å²) >= 11 is 0. The van der Waals surface area contributed by atoms with Crippen molar-refractivity contribution in [3.05, 3.63) is 0 Å². The van der Waals surface area contributed by atoms with E-state index in [0.717, 1.165) is 32.1 Å². The molecule has 0 fully saturated rings. The van der Waals surface area contributed by atoms with Crippen molar-refractivity contribution in [1.82, 2.24) is 0 Å². The van der Waals surface area contributed by atoms with E-state index in [9.17, 15) is 4.79 Å². The zero-order chi connectivity index (χ0) is 10.8. The number of ether oxygens (including phenoxy) is 1. The molecule has 0 N–H and O–H groups in total. The smallest absolute Gasteiger partial charge is 0.305 e. The third-order valence-electron chi connectivity index (χ3n) is 2.29. The first kappa shape index (κ1) is 13.5. The van der Waals surface area contributed by atoms with Crippen molar-refractivity contribution in [1.29, 1.82) is 0 Å². The Bertz CT molecular complexity index is 143. The van der Waals surface area contributed by atoms with Gasteiger partial charge in [0.05, 0.1) is 6.61 Å². The molecule has 0 saturated carbocycles.